The molecule has 0 aliphatic rings. The first kappa shape index (κ1) is 15.1. The molecule has 0 fully saturated rings. The number of halogens is 1. The largest absolute Gasteiger partial charge is 0.487 e. The van der Waals surface area contributed by atoms with E-state index in [0.29, 0.717) is 23.9 Å². The lowest BCUT2D eigenvalue weighted by Crippen LogP contribution is -2.21. The summed E-state index contributed by atoms with van der Waals surface area (Å²) in [6.45, 7) is 4.26. The van der Waals surface area contributed by atoms with Gasteiger partial charge in [0.15, 0.2) is 0 Å². The third kappa shape index (κ3) is 4.36. The number of carbonyl (C=O) groups is 1. The zero-order valence-electron chi connectivity index (χ0n) is 11.5. The Kier molecular flexibility index (Phi) is 5.41. The second-order valence-corrected chi connectivity index (χ2v) is 4.82. The van der Waals surface area contributed by atoms with E-state index in [2.05, 4.69) is 11.9 Å². The van der Waals surface area contributed by atoms with Crippen LogP contribution in [0, 0.1) is 0 Å². The van der Waals surface area contributed by atoms with E-state index in [1.165, 1.54) is 6.08 Å². The van der Waals surface area contributed by atoms with E-state index >= 15 is 0 Å². The van der Waals surface area contributed by atoms with Gasteiger partial charge in [0.1, 0.15) is 12.4 Å². The standard InChI is InChI=1S/C17H16ClNO2/c1-2-17(20)19-11-13-7-3-4-8-14(13)12-21-16-10-6-5-9-15(16)18/h2-10H,1,11-12H2,(H,19,20). The molecule has 0 saturated carbocycles. The maximum Gasteiger partial charge on any atom is 0.243 e. The second kappa shape index (κ2) is 7.50. The Balaban J connectivity index is 2.04. The van der Waals surface area contributed by atoms with Gasteiger partial charge >= 0.3 is 0 Å². The molecule has 21 heavy (non-hydrogen) atoms. The summed E-state index contributed by atoms with van der Waals surface area (Å²) in [7, 11) is 0. The van der Waals surface area contributed by atoms with Crippen molar-refractivity contribution in [1.82, 2.24) is 5.32 Å². The van der Waals surface area contributed by atoms with E-state index in [0.717, 1.165) is 11.1 Å². The Morgan fingerprint density at radius 3 is 2.52 bits per heavy atom. The van der Waals surface area contributed by atoms with Crippen LogP contribution in [0.3, 0.4) is 0 Å². The lowest BCUT2D eigenvalue weighted by Gasteiger charge is -2.12. The molecule has 0 heterocycles. The molecule has 1 amide bonds. The Morgan fingerprint density at radius 1 is 1.14 bits per heavy atom. The van der Waals surface area contributed by atoms with E-state index in [1.807, 2.05) is 42.5 Å². The molecule has 0 radical (unpaired) electrons. The molecule has 0 unspecified atom stereocenters. The van der Waals surface area contributed by atoms with E-state index in [9.17, 15) is 4.79 Å². The van der Waals surface area contributed by atoms with Gasteiger partial charge in [0.2, 0.25) is 5.91 Å². The molecular formula is C17H16ClNO2. The highest BCUT2D eigenvalue weighted by Gasteiger charge is 2.05. The van der Waals surface area contributed by atoms with Gasteiger partial charge in [0.25, 0.3) is 0 Å². The molecule has 0 saturated heterocycles. The minimum Gasteiger partial charge on any atom is -0.487 e. The van der Waals surface area contributed by atoms with Gasteiger partial charge in [-0.1, -0.05) is 54.6 Å². The van der Waals surface area contributed by atoms with Gasteiger partial charge in [-0.3, -0.25) is 4.79 Å². The predicted octanol–water partition coefficient (Wildman–Crippen LogP) is 3.72. The molecule has 0 bridgehead atoms. The molecule has 108 valence electrons. The fourth-order valence-electron chi connectivity index (χ4n) is 1.84. The molecule has 0 aliphatic carbocycles. The SMILES string of the molecule is C=CC(=O)NCc1ccccc1COc1ccccc1Cl. The maximum atomic E-state index is 11.2. The third-order valence-corrected chi connectivity index (χ3v) is 3.29. The predicted molar refractivity (Wildman–Crippen MR) is 84.3 cm³/mol. The minimum atomic E-state index is -0.197. The van der Waals surface area contributed by atoms with Gasteiger partial charge in [-0.05, 0) is 29.3 Å². The molecule has 3 nitrogen and oxygen atoms in total. The van der Waals surface area contributed by atoms with Crippen molar-refractivity contribution in [2.75, 3.05) is 0 Å². The first-order valence-electron chi connectivity index (χ1n) is 6.55. The normalized spacial score (nSPS) is 9.95. The van der Waals surface area contributed by atoms with Crippen molar-refractivity contribution in [3.63, 3.8) is 0 Å². The summed E-state index contributed by atoms with van der Waals surface area (Å²) in [6.07, 6.45) is 1.25. The van der Waals surface area contributed by atoms with E-state index in [-0.39, 0.29) is 5.91 Å². The van der Waals surface area contributed by atoms with Crippen LogP contribution in [0.1, 0.15) is 11.1 Å². The molecule has 4 heteroatoms. The number of rotatable bonds is 6. The number of ether oxygens (including phenoxy) is 1. The molecule has 0 spiro atoms. The Morgan fingerprint density at radius 2 is 1.81 bits per heavy atom. The number of hydrogen-bond acceptors (Lipinski definition) is 2. The van der Waals surface area contributed by atoms with Crippen molar-refractivity contribution in [3.8, 4) is 5.75 Å². The fraction of sp³-hybridized carbons (Fsp3) is 0.118. The lowest BCUT2D eigenvalue weighted by atomic mass is 10.1. The van der Waals surface area contributed by atoms with Gasteiger partial charge in [-0.25, -0.2) is 0 Å². The van der Waals surface area contributed by atoms with Gasteiger partial charge in [0.05, 0.1) is 5.02 Å². The Bertz CT molecular complexity index is 640. The molecule has 0 aliphatic heterocycles. The molecule has 0 aromatic heterocycles. The smallest absolute Gasteiger partial charge is 0.243 e. The quantitative estimate of drug-likeness (QED) is 0.826. The highest BCUT2D eigenvalue weighted by molar-refractivity contribution is 6.32. The molecule has 2 aromatic carbocycles. The van der Waals surface area contributed by atoms with Crippen LogP contribution in [0.15, 0.2) is 61.2 Å². The van der Waals surface area contributed by atoms with Crippen LogP contribution >= 0.6 is 11.6 Å². The van der Waals surface area contributed by atoms with Crippen LogP contribution in [0.25, 0.3) is 0 Å². The summed E-state index contributed by atoms with van der Waals surface area (Å²) in [5, 5.41) is 3.34. The third-order valence-electron chi connectivity index (χ3n) is 2.98. The number of nitrogens with one attached hydrogen (secondary N) is 1. The Hall–Kier alpha value is -2.26. The van der Waals surface area contributed by atoms with Gasteiger partial charge < -0.3 is 10.1 Å². The topological polar surface area (TPSA) is 38.3 Å². The zero-order valence-corrected chi connectivity index (χ0v) is 12.3. The summed E-state index contributed by atoms with van der Waals surface area (Å²) in [5.41, 5.74) is 2.00. The van der Waals surface area contributed by atoms with Crippen molar-refractivity contribution in [1.29, 1.82) is 0 Å². The van der Waals surface area contributed by atoms with Crippen molar-refractivity contribution in [2.24, 2.45) is 0 Å². The second-order valence-electron chi connectivity index (χ2n) is 4.41. The molecule has 2 rings (SSSR count). The lowest BCUT2D eigenvalue weighted by molar-refractivity contribution is -0.116. The van der Waals surface area contributed by atoms with E-state index in [1.54, 1.807) is 6.07 Å². The average molecular weight is 302 g/mol. The van der Waals surface area contributed by atoms with Crippen molar-refractivity contribution < 1.29 is 9.53 Å². The molecule has 1 N–H and O–H groups in total. The Labute approximate surface area is 129 Å². The van der Waals surface area contributed by atoms with Crippen LogP contribution in [0.4, 0.5) is 0 Å². The minimum absolute atomic E-state index is 0.197. The number of para-hydroxylation sites is 1. The highest BCUT2D eigenvalue weighted by atomic mass is 35.5. The fourth-order valence-corrected chi connectivity index (χ4v) is 2.03. The number of carbonyl (C=O) groups excluding carboxylic acids is 1. The van der Waals surface area contributed by atoms with E-state index < -0.39 is 0 Å². The van der Waals surface area contributed by atoms with Crippen LogP contribution in [-0.2, 0) is 17.9 Å². The highest BCUT2D eigenvalue weighted by Crippen LogP contribution is 2.24. The summed E-state index contributed by atoms with van der Waals surface area (Å²) in [4.78, 5) is 11.2. The van der Waals surface area contributed by atoms with Crippen LogP contribution < -0.4 is 10.1 Å². The first-order chi connectivity index (χ1) is 10.2. The summed E-state index contributed by atoms with van der Waals surface area (Å²) < 4.78 is 5.73. The van der Waals surface area contributed by atoms with Gasteiger partial charge in [-0.2, -0.15) is 0 Å². The monoisotopic (exact) mass is 301 g/mol. The van der Waals surface area contributed by atoms with Gasteiger partial charge in [-0.15, -0.1) is 0 Å². The maximum absolute atomic E-state index is 11.2. The number of amides is 1. The molecular weight excluding hydrogens is 286 g/mol. The molecule has 0 atom stereocenters. The van der Waals surface area contributed by atoms with Crippen molar-refractivity contribution in [3.05, 3.63) is 77.3 Å². The number of hydrogen-bond donors (Lipinski definition) is 1. The summed E-state index contributed by atoms with van der Waals surface area (Å²) >= 11 is 6.06. The van der Waals surface area contributed by atoms with Gasteiger partial charge in [0, 0.05) is 6.54 Å². The van der Waals surface area contributed by atoms with Crippen LogP contribution in [-0.4, -0.2) is 5.91 Å². The van der Waals surface area contributed by atoms with Crippen LogP contribution in [0.2, 0.25) is 5.02 Å². The zero-order chi connectivity index (χ0) is 15.1. The summed E-state index contributed by atoms with van der Waals surface area (Å²) in [5.74, 6) is 0.445. The van der Waals surface area contributed by atoms with Crippen molar-refractivity contribution >= 4 is 17.5 Å². The average Bonchev–Trinajstić information content (AvgIpc) is 2.52. The van der Waals surface area contributed by atoms with Crippen LogP contribution in [0.5, 0.6) is 5.75 Å². The molecule has 2 aromatic rings. The first-order valence-corrected chi connectivity index (χ1v) is 6.93. The van der Waals surface area contributed by atoms with Crippen molar-refractivity contribution in [2.45, 2.75) is 13.2 Å². The summed E-state index contributed by atoms with van der Waals surface area (Å²) in [6, 6.07) is 15.1. The van der Waals surface area contributed by atoms with E-state index in [4.69, 9.17) is 16.3 Å². The number of benzene rings is 2.